The van der Waals surface area contributed by atoms with E-state index in [1.54, 1.807) is 24.3 Å². The summed E-state index contributed by atoms with van der Waals surface area (Å²) in [5.74, 6) is 1.19. The smallest absolute Gasteiger partial charge is 0.232 e. The Morgan fingerprint density at radius 1 is 1.00 bits per heavy atom. The average molecular weight is 435 g/mol. The Labute approximate surface area is 179 Å². The summed E-state index contributed by atoms with van der Waals surface area (Å²) in [7, 11) is -3.41. The van der Waals surface area contributed by atoms with Crippen LogP contribution in [-0.2, 0) is 21.4 Å². The van der Waals surface area contributed by atoms with Gasteiger partial charge in [-0.25, -0.2) is 8.42 Å². The highest BCUT2D eigenvalue weighted by Gasteiger charge is 2.17. The van der Waals surface area contributed by atoms with Gasteiger partial charge in [0.2, 0.25) is 15.9 Å². The molecule has 2 aromatic rings. The summed E-state index contributed by atoms with van der Waals surface area (Å²) in [5, 5.41) is 2.87. The van der Waals surface area contributed by atoms with Crippen LogP contribution >= 0.6 is 0 Å². The molecule has 2 aromatic carbocycles. The molecule has 0 aliphatic rings. The van der Waals surface area contributed by atoms with Crippen molar-refractivity contribution in [3.8, 4) is 11.5 Å². The zero-order chi connectivity index (χ0) is 22.0. The quantitative estimate of drug-likeness (QED) is 0.554. The number of hydrogen-bond donors (Lipinski definition) is 1. The first-order chi connectivity index (χ1) is 14.3. The molecule has 0 fully saturated rings. The number of benzene rings is 2. The third-order valence-corrected chi connectivity index (χ3v) is 5.50. The molecular weight excluding hydrogens is 404 g/mol. The molecule has 0 aromatic heterocycles. The van der Waals surface area contributed by atoms with E-state index in [4.69, 9.17) is 9.47 Å². The van der Waals surface area contributed by atoms with E-state index in [1.807, 2.05) is 38.1 Å². The van der Waals surface area contributed by atoms with Crippen LogP contribution in [0.25, 0.3) is 0 Å². The number of carbonyl (C=O) groups is 1. The number of nitrogens with one attached hydrogen (secondary N) is 1. The van der Waals surface area contributed by atoms with Crippen LogP contribution in [0.2, 0.25) is 0 Å². The van der Waals surface area contributed by atoms with E-state index in [0.717, 1.165) is 5.56 Å². The summed E-state index contributed by atoms with van der Waals surface area (Å²) in [6.07, 6.45) is 1.82. The molecule has 0 heterocycles. The second-order valence-corrected chi connectivity index (χ2v) is 8.60. The predicted octanol–water partition coefficient (Wildman–Crippen LogP) is 3.35. The molecule has 0 bridgehead atoms. The number of ether oxygens (including phenoxy) is 2. The fourth-order valence-electron chi connectivity index (χ4n) is 2.96. The highest BCUT2D eigenvalue weighted by Crippen LogP contribution is 2.28. The van der Waals surface area contributed by atoms with Crippen LogP contribution in [0.3, 0.4) is 0 Å². The third-order valence-electron chi connectivity index (χ3n) is 4.31. The maximum absolute atomic E-state index is 12.2. The van der Waals surface area contributed by atoms with Gasteiger partial charge in [0.15, 0.2) is 11.5 Å². The lowest BCUT2D eigenvalue weighted by Gasteiger charge is -2.22. The summed E-state index contributed by atoms with van der Waals surface area (Å²) in [6.45, 7) is 5.48. The van der Waals surface area contributed by atoms with E-state index in [-0.39, 0.29) is 18.9 Å². The lowest BCUT2D eigenvalue weighted by atomic mass is 10.2. The van der Waals surface area contributed by atoms with Crippen molar-refractivity contribution in [2.45, 2.75) is 33.2 Å². The summed E-state index contributed by atoms with van der Waals surface area (Å²) in [5.41, 5.74) is 1.50. The fourth-order valence-corrected chi connectivity index (χ4v) is 3.92. The van der Waals surface area contributed by atoms with Crippen LogP contribution in [0.4, 0.5) is 5.69 Å². The molecule has 0 spiro atoms. The number of nitrogens with zero attached hydrogens (tertiary/aromatic N) is 1. The van der Waals surface area contributed by atoms with Gasteiger partial charge in [0.25, 0.3) is 0 Å². The molecule has 0 aliphatic heterocycles. The third kappa shape index (κ3) is 7.26. The fraction of sp³-hybridized carbons (Fsp3) is 0.409. The highest BCUT2D eigenvalue weighted by atomic mass is 32.2. The van der Waals surface area contributed by atoms with Crippen molar-refractivity contribution in [2.75, 3.05) is 30.3 Å². The van der Waals surface area contributed by atoms with Gasteiger partial charge in [-0.15, -0.1) is 0 Å². The SMILES string of the molecule is CCOc1ccc(CNC(=O)CCCN(c2ccccc2)S(C)(=O)=O)cc1OCC. The topological polar surface area (TPSA) is 84.9 Å². The molecule has 0 saturated heterocycles. The lowest BCUT2D eigenvalue weighted by Crippen LogP contribution is -2.32. The zero-order valence-electron chi connectivity index (χ0n) is 17.8. The largest absolute Gasteiger partial charge is 0.490 e. The van der Waals surface area contributed by atoms with Crippen molar-refractivity contribution in [2.24, 2.45) is 0 Å². The zero-order valence-corrected chi connectivity index (χ0v) is 18.6. The van der Waals surface area contributed by atoms with Crippen molar-refractivity contribution in [1.82, 2.24) is 5.32 Å². The molecule has 0 aliphatic carbocycles. The highest BCUT2D eigenvalue weighted by molar-refractivity contribution is 7.92. The molecule has 8 heteroatoms. The molecule has 2 rings (SSSR count). The molecular formula is C22H30N2O5S. The van der Waals surface area contributed by atoms with Crippen molar-refractivity contribution >= 4 is 21.6 Å². The van der Waals surface area contributed by atoms with E-state index in [1.165, 1.54) is 10.6 Å². The maximum atomic E-state index is 12.2. The van der Waals surface area contributed by atoms with Crippen LogP contribution in [0.5, 0.6) is 11.5 Å². The Bertz CT molecular complexity index is 916. The second kappa shape index (κ2) is 11.4. The Hall–Kier alpha value is -2.74. The first kappa shape index (κ1) is 23.5. The Morgan fingerprint density at radius 2 is 1.67 bits per heavy atom. The normalized spacial score (nSPS) is 11.0. The minimum Gasteiger partial charge on any atom is -0.490 e. The Balaban J connectivity index is 1.88. The summed E-state index contributed by atoms with van der Waals surface area (Å²) in [4.78, 5) is 12.2. The number of sulfonamides is 1. The number of rotatable bonds is 12. The first-order valence-electron chi connectivity index (χ1n) is 10.0. The number of carbonyl (C=O) groups excluding carboxylic acids is 1. The summed E-state index contributed by atoms with van der Waals surface area (Å²) < 4.78 is 36.6. The summed E-state index contributed by atoms with van der Waals surface area (Å²) >= 11 is 0. The van der Waals surface area contributed by atoms with E-state index in [9.17, 15) is 13.2 Å². The van der Waals surface area contributed by atoms with Crippen LogP contribution in [0.1, 0.15) is 32.3 Å². The molecule has 0 radical (unpaired) electrons. The molecule has 0 atom stereocenters. The Kier molecular flexibility index (Phi) is 8.98. The van der Waals surface area contributed by atoms with Gasteiger partial charge in [0, 0.05) is 19.5 Å². The van der Waals surface area contributed by atoms with Crippen LogP contribution in [0.15, 0.2) is 48.5 Å². The molecule has 1 amide bonds. The number of amides is 1. The van der Waals surface area contributed by atoms with Crippen molar-refractivity contribution in [3.05, 3.63) is 54.1 Å². The second-order valence-electron chi connectivity index (χ2n) is 6.70. The van der Waals surface area contributed by atoms with Crippen molar-refractivity contribution in [3.63, 3.8) is 0 Å². The standard InChI is InChI=1S/C22H30N2O5S/c1-4-28-20-14-13-18(16-21(20)29-5-2)17-23-22(25)12-9-15-24(30(3,26)27)19-10-7-6-8-11-19/h6-8,10-11,13-14,16H,4-5,9,12,15,17H2,1-3H3,(H,23,25). The van der Waals surface area contributed by atoms with Gasteiger partial charge in [-0.2, -0.15) is 0 Å². The summed E-state index contributed by atoms with van der Waals surface area (Å²) in [6, 6.07) is 14.5. The van der Waals surface area contributed by atoms with Crippen molar-refractivity contribution < 1.29 is 22.7 Å². The maximum Gasteiger partial charge on any atom is 0.232 e. The van der Waals surface area contributed by atoms with Gasteiger partial charge < -0.3 is 14.8 Å². The Morgan fingerprint density at radius 3 is 2.30 bits per heavy atom. The van der Waals surface area contributed by atoms with Gasteiger partial charge >= 0.3 is 0 Å². The minimum atomic E-state index is -3.41. The number of hydrogen-bond acceptors (Lipinski definition) is 5. The first-order valence-corrected chi connectivity index (χ1v) is 11.9. The van der Waals surface area contributed by atoms with E-state index < -0.39 is 10.0 Å². The van der Waals surface area contributed by atoms with Crippen LogP contribution in [-0.4, -0.2) is 40.3 Å². The monoisotopic (exact) mass is 434 g/mol. The number of anilines is 1. The van der Waals surface area contributed by atoms with Crippen LogP contribution in [0, 0.1) is 0 Å². The molecule has 0 unspecified atom stereocenters. The molecule has 164 valence electrons. The van der Waals surface area contributed by atoms with Gasteiger partial charge in [-0.05, 0) is 50.1 Å². The van der Waals surface area contributed by atoms with E-state index in [0.29, 0.717) is 43.4 Å². The molecule has 0 saturated carbocycles. The average Bonchev–Trinajstić information content (AvgIpc) is 2.71. The predicted molar refractivity (Wildman–Crippen MR) is 118 cm³/mol. The van der Waals surface area contributed by atoms with E-state index in [2.05, 4.69) is 5.32 Å². The van der Waals surface area contributed by atoms with Gasteiger partial charge in [-0.3, -0.25) is 9.10 Å². The molecule has 30 heavy (non-hydrogen) atoms. The van der Waals surface area contributed by atoms with Crippen LogP contribution < -0.4 is 19.1 Å². The van der Waals surface area contributed by atoms with Gasteiger partial charge in [0.1, 0.15) is 0 Å². The lowest BCUT2D eigenvalue weighted by molar-refractivity contribution is -0.121. The molecule has 1 N–H and O–H groups in total. The van der Waals surface area contributed by atoms with Crippen molar-refractivity contribution in [1.29, 1.82) is 0 Å². The molecule has 7 nitrogen and oxygen atoms in total. The minimum absolute atomic E-state index is 0.136. The van der Waals surface area contributed by atoms with E-state index >= 15 is 0 Å². The van der Waals surface area contributed by atoms with Gasteiger partial charge in [-0.1, -0.05) is 24.3 Å². The van der Waals surface area contributed by atoms with Gasteiger partial charge in [0.05, 0.1) is 25.2 Å². The number of para-hydroxylation sites is 1.